The Morgan fingerprint density at radius 1 is 0.963 bits per heavy atom. The summed E-state index contributed by atoms with van der Waals surface area (Å²) in [6.07, 6.45) is 8.22. The molecule has 294 valence electrons. The molecule has 3 N–H and O–H groups in total. The highest BCUT2D eigenvalue weighted by Gasteiger charge is 2.46. The Morgan fingerprint density at radius 3 is 2.46 bits per heavy atom. The highest BCUT2D eigenvalue weighted by molar-refractivity contribution is 5.98. The monoisotopic (exact) mass is 752 g/mol. The molecular weight excluding hydrogens is 699 g/mol. The number of nitrogens with zero attached hydrogens (tertiary/aromatic N) is 3. The van der Waals surface area contributed by atoms with Gasteiger partial charge in [-0.25, -0.2) is 9.18 Å². The third-order valence-corrected chi connectivity index (χ3v) is 10.7. The van der Waals surface area contributed by atoms with E-state index in [0.29, 0.717) is 57.1 Å². The van der Waals surface area contributed by atoms with Crippen LogP contribution >= 0.6 is 0 Å². The van der Waals surface area contributed by atoms with E-state index in [4.69, 9.17) is 4.74 Å². The van der Waals surface area contributed by atoms with Gasteiger partial charge in [0.2, 0.25) is 35.4 Å². The first-order chi connectivity index (χ1) is 25.9. The van der Waals surface area contributed by atoms with Crippen LogP contribution in [0.15, 0.2) is 36.4 Å². The Labute approximate surface area is 315 Å². The van der Waals surface area contributed by atoms with Crippen LogP contribution in [0.2, 0.25) is 0 Å². The van der Waals surface area contributed by atoms with Crippen molar-refractivity contribution in [3.8, 4) is 0 Å². The number of unbranched alkanes of at least 4 members (excludes halogenated alkanes) is 2. The molecule has 14 nitrogen and oxygen atoms in total. The highest BCUT2D eigenvalue weighted by Crippen LogP contribution is 2.28. The summed E-state index contributed by atoms with van der Waals surface area (Å²) in [7, 11) is 0. The number of benzene rings is 1. The van der Waals surface area contributed by atoms with Gasteiger partial charge in [-0.2, -0.15) is 0 Å². The Balaban J connectivity index is 1.46. The minimum Gasteiger partial charge on any atom is -0.461 e. The molecule has 4 aliphatic rings. The van der Waals surface area contributed by atoms with Crippen LogP contribution in [-0.2, 0) is 44.7 Å². The topological polar surface area (TPSA) is 175 Å². The fourth-order valence-corrected chi connectivity index (χ4v) is 7.83. The number of allylic oxidation sites excluding steroid dienone is 1. The highest BCUT2D eigenvalue weighted by atomic mass is 19.1. The van der Waals surface area contributed by atoms with Crippen LogP contribution in [-0.4, -0.2) is 119 Å². The molecule has 0 radical (unpaired) electrons. The Hall–Kier alpha value is -4.82. The van der Waals surface area contributed by atoms with Crippen LogP contribution in [0.3, 0.4) is 0 Å². The lowest BCUT2D eigenvalue weighted by atomic mass is 9.99. The number of cyclic esters (lactones) is 1. The number of nitrogens with one attached hydrogen (secondary N) is 3. The van der Waals surface area contributed by atoms with E-state index < -0.39 is 90.1 Å². The predicted octanol–water partition coefficient (Wildman–Crippen LogP) is 1.75. The van der Waals surface area contributed by atoms with Gasteiger partial charge < -0.3 is 35.4 Å². The van der Waals surface area contributed by atoms with Crippen molar-refractivity contribution < 1.29 is 42.7 Å². The molecule has 5 rings (SSSR count). The summed E-state index contributed by atoms with van der Waals surface area (Å²) in [5.41, 5.74) is 0.417. The molecule has 4 saturated heterocycles. The van der Waals surface area contributed by atoms with E-state index in [1.54, 1.807) is 19.1 Å². The molecule has 4 aliphatic heterocycles. The zero-order valence-electron chi connectivity index (χ0n) is 31.4. The van der Waals surface area contributed by atoms with Crippen LogP contribution in [0.5, 0.6) is 0 Å². The molecule has 0 spiro atoms. The fourth-order valence-electron chi connectivity index (χ4n) is 7.83. The van der Waals surface area contributed by atoms with E-state index in [1.165, 1.54) is 39.0 Å². The lowest BCUT2D eigenvalue weighted by Crippen LogP contribution is -2.62. The van der Waals surface area contributed by atoms with Crippen molar-refractivity contribution in [2.75, 3.05) is 26.2 Å². The molecule has 54 heavy (non-hydrogen) atoms. The van der Waals surface area contributed by atoms with Gasteiger partial charge in [0.25, 0.3) is 0 Å². The zero-order chi connectivity index (χ0) is 38.9. The molecule has 0 saturated carbocycles. The molecule has 7 atom stereocenters. The molecule has 4 fully saturated rings. The van der Waals surface area contributed by atoms with Crippen molar-refractivity contribution in [1.82, 2.24) is 30.7 Å². The lowest BCUT2D eigenvalue weighted by Gasteiger charge is -2.39. The number of rotatable bonds is 9. The van der Waals surface area contributed by atoms with Crippen LogP contribution in [0.4, 0.5) is 4.39 Å². The van der Waals surface area contributed by atoms with Crippen molar-refractivity contribution in [2.45, 2.75) is 121 Å². The predicted molar refractivity (Wildman–Crippen MR) is 195 cm³/mol. The molecule has 15 heteroatoms. The molecule has 0 bridgehead atoms. The minimum absolute atomic E-state index is 0.0614. The van der Waals surface area contributed by atoms with Gasteiger partial charge in [0, 0.05) is 26.1 Å². The number of fused-ring (bicyclic) bond motifs is 3. The summed E-state index contributed by atoms with van der Waals surface area (Å²) in [6.45, 7) is 5.58. The van der Waals surface area contributed by atoms with Gasteiger partial charge in [0.1, 0.15) is 48.7 Å². The quantitative estimate of drug-likeness (QED) is 0.194. The second-order valence-electron chi connectivity index (χ2n) is 14.9. The van der Waals surface area contributed by atoms with Gasteiger partial charge in [-0.15, -0.1) is 0 Å². The van der Waals surface area contributed by atoms with Gasteiger partial charge in [-0.1, -0.05) is 44.9 Å². The first kappa shape index (κ1) is 40.4. The number of piperidine rings is 1. The normalized spacial score (nSPS) is 27.6. The smallest absolute Gasteiger partial charge is 0.328 e. The average molecular weight is 753 g/mol. The van der Waals surface area contributed by atoms with Gasteiger partial charge in [0.15, 0.2) is 0 Å². The third kappa shape index (κ3) is 9.83. The minimum atomic E-state index is -1.47. The summed E-state index contributed by atoms with van der Waals surface area (Å²) in [5, 5.41) is 8.12. The number of carbonyl (C=O) groups is 7. The summed E-state index contributed by atoms with van der Waals surface area (Å²) in [5.74, 6) is -4.74. The number of halogens is 1. The fraction of sp³-hybridized carbons (Fsp3) is 0.615. The zero-order valence-corrected chi connectivity index (χ0v) is 31.4. The van der Waals surface area contributed by atoms with E-state index in [2.05, 4.69) is 16.0 Å². The van der Waals surface area contributed by atoms with E-state index in [-0.39, 0.29) is 25.4 Å². The van der Waals surface area contributed by atoms with Crippen molar-refractivity contribution >= 4 is 41.4 Å². The molecule has 4 heterocycles. The molecule has 0 aromatic heterocycles. The number of esters is 1. The number of ether oxygens (including phenoxy) is 1. The van der Waals surface area contributed by atoms with E-state index in [9.17, 15) is 38.0 Å². The Kier molecular flexibility index (Phi) is 13.8. The van der Waals surface area contributed by atoms with Crippen molar-refractivity contribution in [3.05, 3.63) is 47.8 Å². The maximum absolute atomic E-state index is 14.4. The SMILES string of the molecule is CCCCC=CC(=O)N[C@@H](Cc1cccc(F)c1)C(=O)N[C@H]1COC(=O)[C@@H]2C[C@@H](C)CN2C(=O)[C@H](C)NC(=O)[C@@H]2CCCCN2C(=O)[C@@H]2CCCN2C1=O. The second-order valence-corrected chi connectivity index (χ2v) is 14.9. The average Bonchev–Trinajstić information content (AvgIpc) is 3.80. The number of carbonyl (C=O) groups excluding carboxylic acids is 7. The molecule has 6 amide bonds. The van der Waals surface area contributed by atoms with Crippen molar-refractivity contribution in [3.63, 3.8) is 0 Å². The summed E-state index contributed by atoms with van der Waals surface area (Å²) in [6, 6.07) is -0.886. The summed E-state index contributed by atoms with van der Waals surface area (Å²) in [4.78, 5) is 101. The van der Waals surface area contributed by atoms with Crippen LogP contribution in [0, 0.1) is 11.7 Å². The van der Waals surface area contributed by atoms with Crippen molar-refractivity contribution in [2.24, 2.45) is 5.92 Å². The van der Waals surface area contributed by atoms with E-state index >= 15 is 0 Å². The number of amides is 6. The van der Waals surface area contributed by atoms with Gasteiger partial charge in [-0.05, 0) is 81.6 Å². The summed E-state index contributed by atoms with van der Waals surface area (Å²) >= 11 is 0. The standard InChI is InChI=1S/C39H53FN6O8/c1-4-5-6-7-16-33(47)42-28(21-26-12-10-13-27(40)20-26)34(48)43-29-23-54-39(53)32-19-24(2)22-46(32)36(50)25(3)41-35(49)30-14-8-9-17-44(30)38(52)31-15-11-18-45(31)37(29)51/h7,10,12-13,16,20,24-25,28-32H,4-6,8-9,11,14-15,17-19,21-23H2,1-3H3,(H,41,49)(H,42,47)(H,43,48)/t24-,25+,28+,29+,30+,31+,32+/m1/s1. The molecule has 1 aromatic carbocycles. The molecule has 0 aliphatic carbocycles. The number of hydrogen-bond donors (Lipinski definition) is 3. The van der Waals surface area contributed by atoms with Gasteiger partial charge in [-0.3, -0.25) is 28.8 Å². The van der Waals surface area contributed by atoms with E-state index in [0.717, 1.165) is 12.8 Å². The third-order valence-electron chi connectivity index (χ3n) is 10.7. The largest absolute Gasteiger partial charge is 0.461 e. The molecular formula is C39H53FN6O8. The van der Waals surface area contributed by atoms with Gasteiger partial charge >= 0.3 is 5.97 Å². The summed E-state index contributed by atoms with van der Waals surface area (Å²) < 4.78 is 19.9. The Bertz CT molecular complexity index is 1620. The first-order valence-corrected chi connectivity index (χ1v) is 19.3. The molecule has 0 unspecified atom stereocenters. The van der Waals surface area contributed by atoms with Gasteiger partial charge in [0.05, 0.1) is 0 Å². The van der Waals surface area contributed by atoms with Crippen LogP contribution in [0.25, 0.3) is 0 Å². The van der Waals surface area contributed by atoms with Crippen molar-refractivity contribution in [1.29, 1.82) is 0 Å². The maximum Gasteiger partial charge on any atom is 0.328 e. The second kappa shape index (κ2) is 18.5. The lowest BCUT2D eigenvalue weighted by molar-refractivity contribution is -0.158. The van der Waals surface area contributed by atoms with Crippen LogP contribution < -0.4 is 16.0 Å². The Morgan fingerprint density at radius 2 is 1.70 bits per heavy atom. The van der Waals surface area contributed by atoms with E-state index in [1.807, 2.05) is 13.8 Å². The molecule has 1 aromatic rings. The first-order valence-electron chi connectivity index (χ1n) is 19.3. The maximum atomic E-state index is 14.4. The number of hydrogen-bond acceptors (Lipinski definition) is 8. The van der Waals surface area contributed by atoms with Crippen LogP contribution in [0.1, 0.15) is 84.1 Å².